The molecule has 0 spiro atoms. The highest BCUT2D eigenvalue weighted by Gasteiger charge is 2.25. The van der Waals surface area contributed by atoms with Crippen molar-refractivity contribution >= 4 is 5.82 Å². The van der Waals surface area contributed by atoms with Crippen molar-refractivity contribution in [2.75, 3.05) is 18.0 Å². The first-order valence-electron chi connectivity index (χ1n) is 9.71. The highest BCUT2D eigenvalue weighted by atomic mass is 19.1. The molecule has 7 nitrogen and oxygen atoms in total. The van der Waals surface area contributed by atoms with Gasteiger partial charge in [-0.2, -0.15) is 5.10 Å². The number of hydrogen-bond acceptors (Lipinski definition) is 5. The molecule has 29 heavy (non-hydrogen) atoms. The fourth-order valence-corrected chi connectivity index (χ4v) is 3.25. The van der Waals surface area contributed by atoms with E-state index in [1.165, 1.54) is 6.08 Å². The predicted molar refractivity (Wildman–Crippen MR) is 110 cm³/mol. The summed E-state index contributed by atoms with van der Waals surface area (Å²) in [6.07, 6.45) is 15.4. The minimum Gasteiger partial charge on any atom is -0.480 e. The molecule has 1 unspecified atom stereocenters. The molecule has 0 aliphatic carbocycles. The fraction of sp³-hybridized carbons (Fsp3) is 0.429. The molecule has 1 atom stereocenters. The van der Waals surface area contributed by atoms with Crippen LogP contribution in [0.1, 0.15) is 32.7 Å². The van der Waals surface area contributed by atoms with Crippen molar-refractivity contribution in [1.29, 1.82) is 0 Å². The van der Waals surface area contributed by atoms with Gasteiger partial charge >= 0.3 is 0 Å². The Morgan fingerprint density at radius 3 is 3.03 bits per heavy atom. The monoisotopic (exact) mass is 398 g/mol. The van der Waals surface area contributed by atoms with E-state index in [1.807, 2.05) is 27.7 Å². The highest BCUT2D eigenvalue weighted by molar-refractivity contribution is 5.38. The van der Waals surface area contributed by atoms with Crippen LogP contribution in [-0.4, -0.2) is 38.5 Å². The van der Waals surface area contributed by atoms with E-state index in [-0.39, 0.29) is 11.9 Å². The molecule has 0 bridgehead atoms. The summed E-state index contributed by atoms with van der Waals surface area (Å²) in [7, 11) is 0. The van der Waals surface area contributed by atoms with E-state index in [9.17, 15) is 4.39 Å². The number of rotatable bonds is 8. The molecular formula is C21H27FN6O. The number of allylic oxidation sites excluding steroid dienone is 4. The molecule has 8 heteroatoms. The molecule has 2 aromatic rings. The highest BCUT2D eigenvalue weighted by Crippen LogP contribution is 2.25. The summed E-state index contributed by atoms with van der Waals surface area (Å²) in [5.74, 6) is 2.38. The van der Waals surface area contributed by atoms with E-state index in [0.29, 0.717) is 24.7 Å². The van der Waals surface area contributed by atoms with Crippen molar-refractivity contribution in [3.63, 3.8) is 0 Å². The lowest BCUT2D eigenvalue weighted by Gasteiger charge is -2.15. The number of anilines is 1. The summed E-state index contributed by atoms with van der Waals surface area (Å²) in [6.45, 7) is 5.97. The van der Waals surface area contributed by atoms with Gasteiger partial charge in [0.1, 0.15) is 5.82 Å². The van der Waals surface area contributed by atoms with Crippen molar-refractivity contribution in [2.24, 2.45) is 5.73 Å². The Hall–Kier alpha value is -3.21. The summed E-state index contributed by atoms with van der Waals surface area (Å²) >= 11 is 0. The van der Waals surface area contributed by atoms with Gasteiger partial charge in [0, 0.05) is 50.3 Å². The molecule has 154 valence electrons. The van der Waals surface area contributed by atoms with Crippen LogP contribution < -0.4 is 10.6 Å². The first-order chi connectivity index (χ1) is 14.0. The molecule has 1 aliphatic heterocycles. The Labute approximate surface area is 170 Å². The lowest BCUT2D eigenvalue weighted by atomic mass is 10.2. The van der Waals surface area contributed by atoms with Gasteiger partial charge in [-0.1, -0.05) is 0 Å². The Bertz CT molecular complexity index is 906. The van der Waals surface area contributed by atoms with Gasteiger partial charge in [0.05, 0.1) is 18.5 Å². The minimum atomic E-state index is -0.633. The lowest BCUT2D eigenvalue weighted by Crippen LogP contribution is -2.21. The lowest BCUT2D eigenvalue weighted by molar-refractivity contribution is 0.154. The average molecular weight is 398 g/mol. The van der Waals surface area contributed by atoms with E-state index in [0.717, 1.165) is 25.3 Å². The molecule has 3 heterocycles. The summed E-state index contributed by atoms with van der Waals surface area (Å²) in [5.41, 5.74) is 6.34. The molecular weight excluding hydrogens is 371 g/mol. The number of halogens is 1. The number of nitrogens with zero attached hydrogens (tertiary/aromatic N) is 5. The Morgan fingerprint density at radius 2 is 2.34 bits per heavy atom. The first-order valence-corrected chi connectivity index (χ1v) is 9.71. The van der Waals surface area contributed by atoms with E-state index < -0.39 is 5.83 Å². The number of hydrogen-bond donors (Lipinski definition) is 1. The Balaban J connectivity index is 1.55. The van der Waals surface area contributed by atoms with Crippen LogP contribution in [-0.2, 0) is 11.3 Å². The van der Waals surface area contributed by atoms with Crippen LogP contribution in [0.15, 0.2) is 54.3 Å². The molecule has 0 amide bonds. The smallest absolute Gasteiger partial charge is 0.206 e. The third kappa shape index (κ3) is 5.41. The van der Waals surface area contributed by atoms with Crippen molar-refractivity contribution in [3.8, 4) is 12.3 Å². The SMILES string of the molecule is C#C/C(OC(C)C)=C(F)\C=C(\N)CCn1cnc(N2CCC(n3cccn3)C2)c1. The largest absolute Gasteiger partial charge is 0.480 e. The number of ether oxygens (including phenoxy) is 1. The zero-order valence-electron chi connectivity index (χ0n) is 16.8. The van der Waals surface area contributed by atoms with Crippen LogP contribution >= 0.6 is 0 Å². The molecule has 0 saturated carbocycles. The Kier molecular flexibility index (Phi) is 6.60. The number of nitrogens with two attached hydrogens (primary N) is 1. The van der Waals surface area contributed by atoms with Crippen molar-refractivity contribution in [2.45, 2.75) is 45.4 Å². The predicted octanol–water partition coefficient (Wildman–Crippen LogP) is 3.00. The maximum absolute atomic E-state index is 14.2. The van der Waals surface area contributed by atoms with Gasteiger partial charge in [-0.15, -0.1) is 6.42 Å². The van der Waals surface area contributed by atoms with Gasteiger partial charge in [0.2, 0.25) is 5.76 Å². The zero-order chi connectivity index (χ0) is 20.8. The first kappa shape index (κ1) is 20.5. The summed E-state index contributed by atoms with van der Waals surface area (Å²) in [6, 6.07) is 2.30. The molecule has 1 aliphatic rings. The van der Waals surface area contributed by atoms with E-state index in [2.05, 4.69) is 20.9 Å². The number of imidazole rings is 1. The number of aryl methyl sites for hydroxylation is 1. The second-order valence-electron chi connectivity index (χ2n) is 7.30. The van der Waals surface area contributed by atoms with Crippen LogP contribution in [0.5, 0.6) is 0 Å². The van der Waals surface area contributed by atoms with E-state index in [4.69, 9.17) is 16.9 Å². The standard InChI is InChI=1S/C21H27FN6O/c1-4-20(29-16(2)3)19(22)12-17(23)6-10-26-14-21(24-15-26)27-11-7-18(13-27)28-9-5-8-25-28/h1,5,8-9,12,14-16,18H,6-7,10-11,13,23H2,2-3H3/b17-12+,20-19-. The number of aromatic nitrogens is 4. The quantitative estimate of drug-likeness (QED) is 0.420. The molecule has 0 radical (unpaired) electrons. The zero-order valence-corrected chi connectivity index (χ0v) is 16.8. The maximum atomic E-state index is 14.2. The minimum absolute atomic E-state index is 0.131. The van der Waals surface area contributed by atoms with Gasteiger partial charge in [-0.25, -0.2) is 9.37 Å². The van der Waals surface area contributed by atoms with Crippen LogP contribution in [0, 0.1) is 12.3 Å². The molecule has 2 aromatic heterocycles. The van der Waals surface area contributed by atoms with Crippen LogP contribution in [0.25, 0.3) is 0 Å². The van der Waals surface area contributed by atoms with Crippen LogP contribution in [0.2, 0.25) is 0 Å². The second-order valence-corrected chi connectivity index (χ2v) is 7.30. The topological polar surface area (TPSA) is 74.1 Å². The van der Waals surface area contributed by atoms with Crippen LogP contribution in [0.3, 0.4) is 0 Å². The number of terminal acetylenes is 1. The van der Waals surface area contributed by atoms with Gasteiger partial charge < -0.3 is 19.9 Å². The molecule has 1 fully saturated rings. The van der Waals surface area contributed by atoms with Crippen molar-refractivity contribution < 1.29 is 9.13 Å². The van der Waals surface area contributed by atoms with Gasteiger partial charge in [0.25, 0.3) is 0 Å². The molecule has 1 saturated heterocycles. The summed E-state index contributed by atoms with van der Waals surface area (Å²) < 4.78 is 23.4. The van der Waals surface area contributed by atoms with E-state index >= 15 is 0 Å². The van der Waals surface area contributed by atoms with Gasteiger partial charge in [-0.3, -0.25) is 4.68 Å². The third-order valence-corrected chi connectivity index (χ3v) is 4.68. The maximum Gasteiger partial charge on any atom is 0.206 e. The van der Waals surface area contributed by atoms with Gasteiger partial charge in [0.15, 0.2) is 5.83 Å². The van der Waals surface area contributed by atoms with Crippen molar-refractivity contribution in [1.82, 2.24) is 19.3 Å². The summed E-state index contributed by atoms with van der Waals surface area (Å²) in [5, 5.41) is 4.33. The normalized spacial score (nSPS) is 18.1. The van der Waals surface area contributed by atoms with E-state index in [1.54, 1.807) is 26.4 Å². The average Bonchev–Trinajstić information content (AvgIpc) is 3.44. The third-order valence-electron chi connectivity index (χ3n) is 4.68. The molecule has 2 N–H and O–H groups in total. The molecule has 0 aromatic carbocycles. The fourth-order valence-electron chi connectivity index (χ4n) is 3.25. The summed E-state index contributed by atoms with van der Waals surface area (Å²) in [4.78, 5) is 6.74. The van der Waals surface area contributed by atoms with Crippen LogP contribution in [0.4, 0.5) is 10.2 Å². The second kappa shape index (κ2) is 9.32. The molecule has 3 rings (SSSR count). The van der Waals surface area contributed by atoms with Gasteiger partial charge in [-0.05, 0) is 38.3 Å². The Morgan fingerprint density at radius 1 is 1.52 bits per heavy atom. The van der Waals surface area contributed by atoms with Crippen molar-refractivity contribution in [3.05, 3.63) is 54.3 Å².